The van der Waals surface area contributed by atoms with Gasteiger partial charge in [0.2, 0.25) is 0 Å². The fourth-order valence-electron chi connectivity index (χ4n) is 2.44. The van der Waals surface area contributed by atoms with E-state index in [1.807, 2.05) is 0 Å². The number of rotatable bonds is 6. The molecule has 0 atom stereocenters. The van der Waals surface area contributed by atoms with Crippen molar-refractivity contribution in [2.45, 2.75) is 0 Å². The third kappa shape index (κ3) is 4.29. The molecule has 0 spiro atoms. The normalized spacial score (nSPS) is 15.0. The minimum absolute atomic E-state index is 0.165. The molecular formula is C20H16N2O4S2. The topological polar surface area (TPSA) is 68.7 Å². The molecule has 2 heterocycles. The van der Waals surface area contributed by atoms with E-state index in [9.17, 15) is 9.59 Å². The van der Waals surface area contributed by atoms with Crippen LogP contribution in [0.2, 0.25) is 0 Å². The van der Waals surface area contributed by atoms with Crippen molar-refractivity contribution < 1.29 is 19.1 Å². The van der Waals surface area contributed by atoms with Gasteiger partial charge in [0.1, 0.15) is 4.32 Å². The zero-order valence-electron chi connectivity index (χ0n) is 15.0. The van der Waals surface area contributed by atoms with Crippen LogP contribution in [-0.2, 0) is 4.79 Å². The Balaban J connectivity index is 1.82. The molecule has 3 rings (SSSR count). The van der Waals surface area contributed by atoms with Crippen molar-refractivity contribution in [2.75, 3.05) is 13.7 Å². The molecule has 1 aliphatic heterocycles. The third-order valence-corrected chi connectivity index (χ3v) is 5.17. The summed E-state index contributed by atoms with van der Waals surface area (Å²) in [6, 6.07) is 8.17. The average molecular weight is 412 g/mol. The van der Waals surface area contributed by atoms with E-state index in [0.717, 1.165) is 5.56 Å². The standard InChI is InChI=1S/C20H16N2O4S2/c1-3-10-22-18(23)17(28-20(22)27)12-13-4-5-15(16(11-13)25-2)26-19(24)14-6-8-21-9-7-14/h3-9,11-12H,1,10H2,2H3/b17-12-. The van der Waals surface area contributed by atoms with Crippen LogP contribution >= 0.6 is 24.0 Å². The molecule has 0 radical (unpaired) electrons. The summed E-state index contributed by atoms with van der Waals surface area (Å²) in [4.78, 5) is 30.5. The lowest BCUT2D eigenvalue weighted by molar-refractivity contribution is -0.121. The number of carbonyl (C=O) groups excluding carboxylic acids is 2. The van der Waals surface area contributed by atoms with Crippen molar-refractivity contribution in [3.8, 4) is 11.5 Å². The lowest BCUT2D eigenvalue weighted by atomic mass is 10.2. The van der Waals surface area contributed by atoms with Gasteiger partial charge in [0.05, 0.1) is 17.6 Å². The van der Waals surface area contributed by atoms with Crippen LogP contribution in [0.5, 0.6) is 11.5 Å². The number of aromatic nitrogens is 1. The van der Waals surface area contributed by atoms with Gasteiger partial charge in [-0.15, -0.1) is 6.58 Å². The first-order valence-electron chi connectivity index (χ1n) is 8.20. The Labute approximate surface area is 171 Å². The Morgan fingerprint density at radius 1 is 1.29 bits per heavy atom. The summed E-state index contributed by atoms with van der Waals surface area (Å²) >= 11 is 6.46. The Hall–Kier alpha value is -2.97. The van der Waals surface area contributed by atoms with E-state index in [-0.39, 0.29) is 11.7 Å². The second-order valence-corrected chi connectivity index (χ2v) is 7.29. The second kappa shape index (κ2) is 8.81. The molecule has 8 heteroatoms. The maximum atomic E-state index is 12.4. The molecule has 1 aromatic carbocycles. The first kappa shape index (κ1) is 19.8. The summed E-state index contributed by atoms with van der Waals surface area (Å²) in [5.41, 5.74) is 1.10. The van der Waals surface area contributed by atoms with Crippen LogP contribution in [-0.4, -0.2) is 39.7 Å². The fraction of sp³-hybridized carbons (Fsp3) is 0.100. The number of methoxy groups -OCH3 is 1. The fourth-order valence-corrected chi connectivity index (χ4v) is 3.72. The maximum absolute atomic E-state index is 12.4. The van der Waals surface area contributed by atoms with E-state index in [0.29, 0.717) is 27.1 Å². The zero-order chi connectivity index (χ0) is 20.1. The van der Waals surface area contributed by atoms with E-state index < -0.39 is 5.97 Å². The van der Waals surface area contributed by atoms with Crippen molar-refractivity contribution in [3.63, 3.8) is 0 Å². The van der Waals surface area contributed by atoms with Crippen molar-refractivity contribution in [1.29, 1.82) is 0 Å². The highest BCUT2D eigenvalue weighted by Gasteiger charge is 2.31. The summed E-state index contributed by atoms with van der Waals surface area (Å²) in [7, 11) is 1.48. The van der Waals surface area contributed by atoms with Crippen LogP contribution in [0.4, 0.5) is 0 Å². The molecule has 1 saturated heterocycles. The van der Waals surface area contributed by atoms with E-state index in [4.69, 9.17) is 21.7 Å². The molecule has 0 aliphatic carbocycles. The second-order valence-electron chi connectivity index (χ2n) is 5.62. The van der Waals surface area contributed by atoms with Crippen LogP contribution in [0.3, 0.4) is 0 Å². The highest BCUT2D eigenvalue weighted by molar-refractivity contribution is 8.26. The van der Waals surface area contributed by atoms with Crippen molar-refractivity contribution in [3.05, 3.63) is 71.4 Å². The van der Waals surface area contributed by atoms with Gasteiger partial charge >= 0.3 is 5.97 Å². The summed E-state index contributed by atoms with van der Waals surface area (Å²) in [5.74, 6) is -0.0285. The van der Waals surface area contributed by atoms with E-state index in [1.54, 1.807) is 42.5 Å². The molecule has 0 N–H and O–H groups in total. The Morgan fingerprint density at radius 3 is 2.71 bits per heavy atom. The first-order valence-corrected chi connectivity index (χ1v) is 9.42. The number of thioether (sulfide) groups is 1. The summed E-state index contributed by atoms with van der Waals surface area (Å²) < 4.78 is 11.2. The van der Waals surface area contributed by atoms with Gasteiger partial charge in [-0.3, -0.25) is 14.7 Å². The van der Waals surface area contributed by atoms with Crippen molar-refractivity contribution in [2.24, 2.45) is 0 Å². The molecule has 1 amide bonds. The lowest BCUT2D eigenvalue weighted by Gasteiger charge is -2.11. The first-order chi connectivity index (χ1) is 13.5. The molecule has 1 aromatic heterocycles. The maximum Gasteiger partial charge on any atom is 0.343 e. The Morgan fingerprint density at radius 2 is 2.04 bits per heavy atom. The van der Waals surface area contributed by atoms with Gasteiger partial charge in [0, 0.05) is 18.9 Å². The van der Waals surface area contributed by atoms with Crippen LogP contribution < -0.4 is 9.47 Å². The third-order valence-electron chi connectivity index (χ3n) is 3.79. The highest BCUT2D eigenvalue weighted by atomic mass is 32.2. The van der Waals surface area contributed by atoms with Gasteiger partial charge in [-0.1, -0.05) is 36.1 Å². The largest absolute Gasteiger partial charge is 0.493 e. The average Bonchev–Trinajstić information content (AvgIpc) is 2.97. The van der Waals surface area contributed by atoms with Gasteiger partial charge in [0.15, 0.2) is 11.5 Å². The molecular weight excluding hydrogens is 396 g/mol. The predicted molar refractivity (Wildman–Crippen MR) is 112 cm³/mol. The van der Waals surface area contributed by atoms with Gasteiger partial charge in [-0.05, 0) is 35.9 Å². The molecule has 28 heavy (non-hydrogen) atoms. The predicted octanol–water partition coefficient (Wildman–Crippen LogP) is 3.70. The molecule has 0 saturated carbocycles. The lowest BCUT2D eigenvalue weighted by Crippen LogP contribution is -2.27. The Bertz CT molecular complexity index is 973. The number of esters is 1. The van der Waals surface area contributed by atoms with Crippen LogP contribution in [0.15, 0.2) is 60.3 Å². The van der Waals surface area contributed by atoms with Crippen LogP contribution in [0, 0.1) is 0 Å². The van der Waals surface area contributed by atoms with Crippen LogP contribution in [0.25, 0.3) is 6.08 Å². The number of ether oxygens (including phenoxy) is 2. The number of nitrogens with zero attached hydrogens (tertiary/aromatic N) is 2. The summed E-state index contributed by atoms with van der Waals surface area (Å²) in [5, 5.41) is 0. The highest BCUT2D eigenvalue weighted by Crippen LogP contribution is 2.34. The number of thiocarbonyl (C=S) groups is 1. The summed E-state index contributed by atoms with van der Waals surface area (Å²) in [6.45, 7) is 4.01. The molecule has 1 fully saturated rings. The quantitative estimate of drug-likeness (QED) is 0.236. The van der Waals surface area contributed by atoms with Crippen molar-refractivity contribution >= 4 is 46.3 Å². The minimum atomic E-state index is -0.515. The van der Waals surface area contributed by atoms with Gasteiger partial charge in [0.25, 0.3) is 5.91 Å². The SMILES string of the molecule is C=CCN1C(=O)/C(=C/c2ccc(OC(=O)c3ccncc3)c(OC)c2)SC1=S. The van der Waals surface area contributed by atoms with Crippen LogP contribution in [0.1, 0.15) is 15.9 Å². The number of carbonyl (C=O) groups is 2. The van der Waals surface area contributed by atoms with Gasteiger partial charge in [-0.2, -0.15) is 0 Å². The molecule has 0 unspecified atom stereocenters. The number of hydrogen-bond donors (Lipinski definition) is 0. The minimum Gasteiger partial charge on any atom is -0.493 e. The number of benzene rings is 1. The van der Waals surface area contributed by atoms with E-state index in [2.05, 4.69) is 11.6 Å². The van der Waals surface area contributed by atoms with E-state index >= 15 is 0 Å². The van der Waals surface area contributed by atoms with E-state index in [1.165, 1.54) is 36.2 Å². The molecule has 1 aliphatic rings. The molecule has 2 aromatic rings. The Kier molecular flexibility index (Phi) is 6.23. The molecule has 142 valence electrons. The molecule has 0 bridgehead atoms. The smallest absolute Gasteiger partial charge is 0.343 e. The van der Waals surface area contributed by atoms with Crippen molar-refractivity contribution in [1.82, 2.24) is 9.88 Å². The monoisotopic (exact) mass is 412 g/mol. The number of hydrogen-bond acceptors (Lipinski definition) is 7. The van der Waals surface area contributed by atoms with Gasteiger partial charge in [-0.25, -0.2) is 4.79 Å². The zero-order valence-corrected chi connectivity index (χ0v) is 16.6. The number of pyridine rings is 1. The number of amides is 1. The van der Waals surface area contributed by atoms with Gasteiger partial charge < -0.3 is 9.47 Å². The summed E-state index contributed by atoms with van der Waals surface area (Å²) in [6.07, 6.45) is 6.38. The molecule has 6 nitrogen and oxygen atoms in total.